The molecule has 0 fully saturated rings. The van der Waals surface area contributed by atoms with Crippen molar-refractivity contribution in [2.75, 3.05) is 13.2 Å². The van der Waals surface area contributed by atoms with Crippen LogP contribution in [0.4, 0.5) is 0 Å². The Morgan fingerprint density at radius 2 is 1.48 bits per heavy atom. The third-order valence-corrected chi connectivity index (χ3v) is 3.95. The Morgan fingerprint density at radius 1 is 0.960 bits per heavy atom. The summed E-state index contributed by atoms with van der Waals surface area (Å²) in [5.41, 5.74) is 1.67. The number of aliphatic hydroxyl groups is 1. The number of rotatable bonds is 7. The molecule has 0 radical (unpaired) electrons. The first-order valence-corrected chi connectivity index (χ1v) is 8.95. The fourth-order valence-corrected chi connectivity index (χ4v) is 3.08. The number of ether oxygens (including phenoxy) is 1. The predicted octanol–water partition coefficient (Wildman–Crippen LogP) is 4.95. The highest BCUT2D eigenvalue weighted by atomic mass is 35.5. The second-order valence-corrected chi connectivity index (χ2v) is 9.74. The van der Waals surface area contributed by atoms with Crippen molar-refractivity contribution in [3.8, 4) is 5.75 Å². The van der Waals surface area contributed by atoms with Gasteiger partial charge in [-0.2, -0.15) is 0 Å². The molecular weight excluding hydrogens is 334 g/mol. The molecule has 2 N–H and O–H groups in total. The minimum Gasteiger partial charge on any atom is -0.491 e. The molecule has 0 heterocycles. The van der Waals surface area contributed by atoms with Crippen LogP contribution in [0.15, 0.2) is 24.3 Å². The van der Waals surface area contributed by atoms with Gasteiger partial charge in [0.1, 0.15) is 18.5 Å². The Kier molecular flexibility index (Phi) is 8.96. The maximum atomic E-state index is 10.2. The van der Waals surface area contributed by atoms with Crippen LogP contribution in [0.5, 0.6) is 5.75 Å². The van der Waals surface area contributed by atoms with Crippen LogP contribution in [-0.2, 0) is 5.41 Å². The van der Waals surface area contributed by atoms with E-state index in [9.17, 15) is 5.11 Å². The van der Waals surface area contributed by atoms with Crippen LogP contribution in [0.25, 0.3) is 0 Å². The largest absolute Gasteiger partial charge is 0.491 e. The summed E-state index contributed by atoms with van der Waals surface area (Å²) in [7, 11) is 0. The van der Waals surface area contributed by atoms with Crippen molar-refractivity contribution in [1.29, 1.82) is 0 Å². The van der Waals surface area contributed by atoms with Gasteiger partial charge in [-0.05, 0) is 48.8 Å². The highest BCUT2D eigenvalue weighted by Gasteiger charge is 2.25. The Morgan fingerprint density at radius 3 is 1.92 bits per heavy atom. The average Bonchev–Trinajstić information content (AvgIpc) is 2.40. The smallest absolute Gasteiger partial charge is 0.119 e. The summed E-state index contributed by atoms with van der Waals surface area (Å²) in [6.45, 7) is 18.5. The number of β-amino-alcohol motifs (C(OH)–C–C–N with tert-alkyl or cyclic N) is 1. The molecule has 3 nitrogen and oxygen atoms in total. The minimum atomic E-state index is -0.522. The molecule has 1 unspecified atom stereocenters. The molecule has 0 aromatic heterocycles. The fraction of sp³-hybridized carbons (Fsp3) is 0.714. The van der Waals surface area contributed by atoms with Gasteiger partial charge in [-0.25, -0.2) is 0 Å². The van der Waals surface area contributed by atoms with Gasteiger partial charge in [0.05, 0.1) is 0 Å². The zero-order valence-electron chi connectivity index (χ0n) is 17.3. The SMILES string of the molecule is CC(C)(C)CC(C)(C)NCC(O)COc1ccc(C(C)(C)C)cc1.Cl. The lowest BCUT2D eigenvalue weighted by Crippen LogP contribution is -2.46. The van der Waals surface area contributed by atoms with E-state index < -0.39 is 6.10 Å². The highest BCUT2D eigenvalue weighted by Crippen LogP contribution is 2.27. The van der Waals surface area contributed by atoms with Crippen molar-refractivity contribution >= 4 is 12.4 Å². The Balaban J connectivity index is 0.00000576. The molecule has 146 valence electrons. The summed E-state index contributed by atoms with van der Waals surface area (Å²) in [6.07, 6.45) is 0.522. The first-order valence-electron chi connectivity index (χ1n) is 8.95. The third-order valence-electron chi connectivity index (χ3n) is 3.95. The molecule has 0 saturated carbocycles. The highest BCUT2D eigenvalue weighted by molar-refractivity contribution is 5.85. The number of hydrogen-bond donors (Lipinski definition) is 2. The molecule has 1 atom stereocenters. The number of aliphatic hydroxyl groups excluding tert-OH is 1. The van der Waals surface area contributed by atoms with Gasteiger partial charge in [0.2, 0.25) is 0 Å². The van der Waals surface area contributed by atoms with Crippen LogP contribution in [-0.4, -0.2) is 29.9 Å². The topological polar surface area (TPSA) is 41.5 Å². The first kappa shape index (κ1) is 24.2. The Hall–Kier alpha value is -0.770. The number of nitrogens with one attached hydrogen (secondary N) is 1. The van der Waals surface area contributed by atoms with Gasteiger partial charge < -0.3 is 15.2 Å². The van der Waals surface area contributed by atoms with E-state index in [1.54, 1.807) is 0 Å². The normalized spacial score (nSPS) is 14.0. The third kappa shape index (κ3) is 10.1. The summed E-state index contributed by atoms with van der Waals surface area (Å²) in [5, 5.41) is 13.6. The van der Waals surface area contributed by atoms with Gasteiger partial charge in [-0.3, -0.25) is 0 Å². The van der Waals surface area contributed by atoms with E-state index in [2.05, 4.69) is 72.8 Å². The molecule has 0 aliphatic heterocycles. The fourth-order valence-electron chi connectivity index (χ4n) is 3.08. The number of hydrogen-bond acceptors (Lipinski definition) is 3. The summed E-state index contributed by atoms with van der Waals surface area (Å²) in [5.74, 6) is 0.802. The zero-order chi connectivity index (χ0) is 18.6. The second-order valence-electron chi connectivity index (χ2n) is 9.74. The molecule has 0 aliphatic rings. The van der Waals surface area contributed by atoms with Gasteiger partial charge in [0.15, 0.2) is 0 Å². The van der Waals surface area contributed by atoms with Crippen LogP contribution >= 0.6 is 12.4 Å². The molecule has 25 heavy (non-hydrogen) atoms. The van der Waals surface area contributed by atoms with E-state index in [1.807, 2.05) is 12.1 Å². The van der Waals surface area contributed by atoms with Crippen LogP contribution in [0.2, 0.25) is 0 Å². The van der Waals surface area contributed by atoms with E-state index in [0.717, 1.165) is 12.2 Å². The molecule has 0 spiro atoms. The Labute approximate surface area is 161 Å². The van der Waals surface area contributed by atoms with Crippen molar-refractivity contribution in [2.24, 2.45) is 5.41 Å². The van der Waals surface area contributed by atoms with Crippen molar-refractivity contribution in [3.63, 3.8) is 0 Å². The predicted molar refractivity (Wildman–Crippen MR) is 110 cm³/mol. The molecular formula is C21H38ClNO2. The van der Waals surface area contributed by atoms with Gasteiger partial charge in [0, 0.05) is 12.1 Å². The molecule has 4 heteroatoms. The van der Waals surface area contributed by atoms with E-state index in [4.69, 9.17) is 4.74 Å². The standard InChI is InChI=1S/C21H37NO2.ClH/c1-19(2,3)15-21(7,8)22-13-17(23)14-24-18-11-9-16(10-12-18)20(4,5)6;/h9-12,17,22-23H,13-15H2,1-8H3;1H. The summed E-state index contributed by atoms with van der Waals surface area (Å²) < 4.78 is 5.71. The average molecular weight is 372 g/mol. The van der Waals surface area contributed by atoms with Gasteiger partial charge >= 0.3 is 0 Å². The maximum absolute atomic E-state index is 10.2. The number of benzene rings is 1. The van der Waals surface area contributed by atoms with E-state index >= 15 is 0 Å². The van der Waals surface area contributed by atoms with Crippen LogP contribution in [0.3, 0.4) is 0 Å². The molecule has 0 amide bonds. The number of halogens is 1. The van der Waals surface area contributed by atoms with Gasteiger partial charge in [-0.15, -0.1) is 12.4 Å². The van der Waals surface area contributed by atoms with Gasteiger partial charge in [-0.1, -0.05) is 53.7 Å². The first-order chi connectivity index (χ1) is 10.8. The quantitative estimate of drug-likeness (QED) is 0.712. The van der Waals surface area contributed by atoms with Crippen molar-refractivity contribution in [1.82, 2.24) is 5.32 Å². The monoisotopic (exact) mass is 371 g/mol. The molecule has 1 rings (SSSR count). The van der Waals surface area contributed by atoms with Crippen LogP contribution < -0.4 is 10.1 Å². The molecule has 0 aliphatic carbocycles. The Bertz CT molecular complexity index is 498. The van der Waals surface area contributed by atoms with E-state index in [1.165, 1.54) is 5.56 Å². The lowest BCUT2D eigenvalue weighted by atomic mass is 9.82. The molecule has 1 aromatic rings. The summed E-state index contributed by atoms with van der Waals surface area (Å²) >= 11 is 0. The van der Waals surface area contributed by atoms with Crippen LogP contribution in [0, 0.1) is 5.41 Å². The summed E-state index contributed by atoms with van der Waals surface area (Å²) in [6, 6.07) is 8.13. The molecule has 0 bridgehead atoms. The lowest BCUT2D eigenvalue weighted by molar-refractivity contribution is 0.0944. The van der Waals surface area contributed by atoms with E-state index in [0.29, 0.717) is 13.2 Å². The lowest BCUT2D eigenvalue weighted by Gasteiger charge is -2.34. The van der Waals surface area contributed by atoms with Gasteiger partial charge in [0.25, 0.3) is 0 Å². The van der Waals surface area contributed by atoms with Crippen molar-refractivity contribution in [2.45, 2.75) is 78.9 Å². The van der Waals surface area contributed by atoms with E-state index in [-0.39, 0.29) is 28.8 Å². The zero-order valence-corrected chi connectivity index (χ0v) is 18.1. The summed E-state index contributed by atoms with van der Waals surface area (Å²) in [4.78, 5) is 0. The minimum absolute atomic E-state index is 0. The second kappa shape index (κ2) is 9.25. The van der Waals surface area contributed by atoms with Crippen LogP contribution in [0.1, 0.15) is 67.4 Å². The molecule has 1 aromatic carbocycles. The maximum Gasteiger partial charge on any atom is 0.119 e. The van der Waals surface area contributed by atoms with Crippen molar-refractivity contribution < 1.29 is 9.84 Å². The van der Waals surface area contributed by atoms with Crippen molar-refractivity contribution in [3.05, 3.63) is 29.8 Å². The molecule has 0 saturated heterocycles.